The van der Waals surface area contributed by atoms with Crippen LogP contribution in [0.3, 0.4) is 0 Å². The van der Waals surface area contributed by atoms with Crippen molar-refractivity contribution in [2.45, 2.75) is 31.1 Å². The standard InChI is InChI=1S/C25H24N2O2S/c1-17(14-18-6-3-2-4-7-18)26-22-9-5-8-21(16-22)20-12-10-19(11-13-20)15-23-24(28)27-25(29)30-23/h2-13,16-17,23,26H,14-15H2,1H3,(H,27,28,29). The molecule has 0 aromatic heterocycles. The molecule has 1 heterocycles. The summed E-state index contributed by atoms with van der Waals surface area (Å²) in [4.78, 5) is 23.1. The van der Waals surface area contributed by atoms with Gasteiger partial charge in [-0.1, -0.05) is 78.5 Å². The van der Waals surface area contributed by atoms with Gasteiger partial charge in [0.1, 0.15) is 0 Å². The number of carbonyl (C=O) groups is 2. The van der Waals surface area contributed by atoms with Crippen LogP contribution in [-0.4, -0.2) is 22.4 Å². The number of imide groups is 1. The fourth-order valence-electron chi connectivity index (χ4n) is 3.67. The molecular formula is C25H24N2O2S. The van der Waals surface area contributed by atoms with E-state index in [-0.39, 0.29) is 16.4 Å². The first kappa shape index (κ1) is 20.2. The molecule has 3 aromatic carbocycles. The molecule has 4 rings (SSSR count). The Morgan fingerprint density at radius 2 is 1.67 bits per heavy atom. The monoisotopic (exact) mass is 416 g/mol. The lowest BCUT2D eigenvalue weighted by Gasteiger charge is -2.16. The summed E-state index contributed by atoms with van der Waals surface area (Å²) in [5, 5.41) is 5.34. The molecule has 0 aliphatic carbocycles. The fraction of sp³-hybridized carbons (Fsp3) is 0.200. The van der Waals surface area contributed by atoms with Gasteiger partial charge in [-0.25, -0.2) is 0 Å². The summed E-state index contributed by atoms with van der Waals surface area (Å²) in [6.07, 6.45) is 1.52. The molecular weight excluding hydrogens is 392 g/mol. The average Bonchev–Trinajstić information content (AvgIpc) is 3.06. The van der Waals surface area contributed by atoms with Crippen molar-refractivity contribution in [1.82, 2.24) is 5.32 Å². The molecule has 2 atom stereocenters. The van der Waals surface area contributed by atoms with E-state index in [1.807, 2.05) is 18.2 Å². The van der Waals surface area contributed by atoms with Crippen molar-refractivity contribution in [3.8, 4) is 11.1 Å². The van der Waals surface area contributed by atoms with Gasteiger partial charge in [-0.15, -0.1) is 0 Å². The minimum Gasteiger partial charge on any atom is -0.382 e. The van der Waals surface area contributed by atoms with Gasteiger partial charge in [0.25, 0.3) is 5.24 Å². The second kappa shape index (κ2) is 9.18. The molecule has 0 spiro atoms. The highest BCUT2D eigenvalue weighted by Crippen LogP contribution is 2.26. The highest BCUT2D eigenvalue weighted by molar-refractivity contribution is 8.15. The third-order valence-electron chi connectivity index (χ3n) is 5.14. The Balaban J connectivity index is 1.40. The highest BCUT2D eigenvalue weighted by atomic mass is 32.2. The molecule has 1 aliphatic rings. The number of nitrogens with one attached hydrogen (secondary N) is 2. The fourth-order valence-corrected chi connectivity index (χ4v) is 4.53. The maximum atomic E-state index is 11.8. The molecule has 3 aromatic rings. The molecule has 2 N–H and O–H groups in total. The van der Waals surface area contributed by atoms with Crippen LogP contribution in [0.1, 0.15) is 18.1 Å². The summed E-state index contributed by atoms with van der Waals surface area (Å²) in [6.45, 7) is 2.19. The summed E-state index contributed by atoms with van der Waals surface area (Å²) >= 11 is 1.07. The molecule has 1 fully saturated rings. The van der Waals surface area contributed by atoms with Gasteiger partial charge in [0.05, 0.1) is 5.25 Å². The number of benzene rings is 3. The zero-order valence-corrected chi connectivity index (χ0v) is 17.6. The quantitative estimate of drug-likeness (QED) is 0.549. The second-order valence-electron chi connectivity index (χ2n) is 7.60. The zero-order valence-electron chi connectivity index (χ0n) is 16.8. The van der Waals surface area contributed by atoms with E-state index in [0.717, 1.165) is 40.6 Å². The Morgan fingerprint density at radius 1 is 0.900 bits per heavy atom. The molecule has 2 unspecified atom stereocenters. The Bertz CT molecular complexity index is 1030. The normalized spacial score (nSPS) is 16.9. The van der Waals surface area contributed by atoms with Crippen LogP contribution < -0.4 is 10.6 Å². The van der Waals surface area contributed by atoms with Crippen molar-refractivity contribution >= 4 is 28.6 Å². The van der Waals surface area contributed by atoms with Crippen LogP contribution in [0, 0.1) is 0 Å². The molecule has 152 valence electrons. The van der Waals surface area contributed by atoms with Crippen LogP contribution >= 0.6 is 11.8 Å². The lowest BCUT2D eigenvalue weighted by atomic mass is 10.0. The number of thioether (sulfide) groups is 1. The summed E-state index contributed by atoms with van der Waals surface area (Å²) in [6, 6.07) is 27.4. The molecule has 1 aliphatic heterocycles. The van der Waals surface area contributed by atoms with Crippen molar-refractivity contribution in [2.75, 3.05) is 5.32 Å². The first-order chi connectivity index (χ1) is 14.6. The van der Waals surface area contributed by atoms with Crippen molar-refractivity contribution in [1.29, 1.82) is 0 Å². The van der Waals surface area contributed by atoms with E-state index < -0.39 is 0 Å². The largest absolute Gasteiger partial charge is 0.382 e. The Hall–Kier alpha value is -3.05. The van der Waals surface area contributed by atoms with Crippen LogP contribution in [0.25, 0.3) is 11.1 Å². The molecule has 1 saturated heterocycles. The van der Waals surface area contributed by atoms with E-state index in [2.05, 4.69) is 78.2 Å². The van der Waals surface area contributed by atoms with Crippen LogP contribution in [-0.2, 0) is 17.6 Å². The van der Waals surface area contributed by atoms with Gasteiger partial charge in [0.2, 0.25) is 5.91 Å². The summed E-state index contributed by atoms with van der Waals surface area (Å²) in [5.41, 5.74) is 5.73. The summed E-state index contributed by atoms with van der Waals surface area (Å²) in [5.74, 6) is -0.197. The predicted octanol–water partition coefficient (Wildman–Crippen LogP) is 5.29. The van der Waals surface area contributed by atoms with Gasteiger partial charge < -0.3 is 5.32 Å². The van der Waals surface area contributed by atoms with E-state index in [1.165, 1.54) is 5.56 Å². The topological polar surface area (TPSA) is 58.2 Å². The Morgan fingerprint density at radius 3 is 2.37 bits per heavy atom. The molecule has 0 bridgehead atoms. The number of anilines is 1. The number of amides is 2. The molecule has 30 heavy (non-hydrogen) atoms. The van der Waals surface area contributed by atoms with Crippen molar-refractivity contribution in [3.05, 3.63) is 90.0 Å². The van der Waals surface area contributed by atoms with Crippen molar-refractivity contribution < 1.29 is 9.59 Å². The van der Waals surface area contributed by atoms with Crippen molar-refractivity contribution in [3.63, 3.8) is 0 Å². The third-order valence-corrected chi connectivity index (χ3v) is 6.12. The van der Waals surface area contributed by atoms with Gasteiger partial charge in [-0.2, -0.15) is 0 Å². The van der Waals surface area contributed by atoms with E-state index in [1.54, 1.807) is 0 Å². The lowest BCUT2D eigenvalue weighted by Crippen LogP contribution is -2.25. The van der Waals surface area contributed by atoms with E-state index in [4.69, 9.17) is 0 Å². The average molecular weight is 417 g/mol. The van der Waals surface area contributed by atoms with Gasteiger partial charge >= 0.3 is 0 Å². The lowest BCUT2D eigenvalue weighted by molar-refractivity contribution is -0.118. The molecule has 2 amide bonds. The Labute approximate surface area is 181 Å². The van der Waals surface area contributed by atoms with Gasteiger partial charge in [-0.3, -0.25) is 14.9 Å². The van der Waals surface area contributed by atoms with E-state index in [0.29, 0.717) is 12.5 Å². The van der Waals surface area contributed by atoms with E-state index in [9.17, 15) is 9.59 Å². The predicted molar refractivity (Wildman–Crippen MR) is 124 cm³/mol. The highest BCUT2D eigenvalue weighted by Gasteiger charge is 2.31. The second-order valence-corrected chi connectivity index (χ2v) is 8.78. The third kappa shape index (κ3) is 5.10. The molecule has 5 heteroatoms. The van der Waals surface area contributed by atoms with E-state index >= 15 is 0 Å². The number of hydrogen-bond donors (Lipinski definition) is 2. The zero-order chi connectivity index (χ0) is 20.9. The van der Waals surface area contributed by atoms with Crippen molar-refractivity contribution in [2.24, 2.45) is 0 Å². The first-order valence-corrected chi connectivity index (χ1v) is 11.0. The molecule has 0 radical (unpaired) electrons. The SMILES string of the molecule is CC(Cc1ccccc1)Nc1cccc(-c2ccc(CC3SC(=O)NC3=O)cc2)c1. The minimum absolute atomic E-state index is 0.197. The summed E-state index contributed by atoms with van der Waals surface area (Å²) < 4.78 is 0. The molecule has 0 saturated carbocycles. The van der Waals surface area contributed by atoms with Gasteiger partial charge in [0.15, 0.2) is 0 Å². The van der Waals surface area contributed by atoms with Crippen LogP contribution in [0.4, 0.5) is 10.5 Å². The smallest absolute Gasteiger partial charge is 0.286 e. The minimum atomic E-state index is -0.331. The maximum absolute atomic E-state index is 11.8. The summed E-state index contributed by atoms with van der Waals surface area (Å²) in [7, 11) is 0. The van der Waals surface area contributed by atoms with Gasteiger partial charge in [-0.05, 0) is 54.2 Å². The number of carbonyl (C=O) groups excluding carboxylic acids is 2. The van der Waals surface area contributed by atoms with Crippen LogP contribution in [0.5, 0.6) is 0 Å². The van der Waals surface area contributed by atoms with Gasteiger partial charge in [0, 0.05) is 11.7 Å². The number of hydrogen-bond acceptors (Lipinski definition) is 4. The Kier molecular flexibility index (Phi) is 6.19. The van der Waals surface area contributed by atoms with Crippen LogP contribution in [0.2, 0.25) is 0 Å². The molecule has 4 nitrogen and oxygen atoms in total. The van der Waals surface area contributed by atoms with Crippen LogP contribution in [0.15, 0.2) is 78.9 Å². The first-order valence-electron chi connectivity index (χ1n) is 10.1. The maximum Gasteiger partial charge on any atom is 0.286 e. The number of rotatable bonds is 7.